The van der Waals surface area contributed by atoms with Gasteiger partial charge in [0.1, 0.15) is 10.6 Å². The maximum atomic E-state index is 13.9. The van der Waals surface area contributed by atoms with E-state index in [4.69, 9.17) is 9.72 Å². The topological polar surface area (TPSA) is 44.1 Å². The van der Waals surface area contributed by atoms with Crippen LogP contribution in [0.15, 0.2) is 58.5 Å². The summed E-state index contributed by atoms with van der Waals surface area (Å²) in [6.07, 6.45) is 0.683. The van der Waals surface area contributed by atoms with Crippen LogP contribution in [0.1, 0.15) is 35.4 Å². The molecule has 0 saturated heterocycles. The van der Waals surface area contributed by atoms with Gasteiger partial charge in [-0.05, 0) is 61.7 Å². The summed E-state index contributed by atoms with van der Waals surface area (Å²) in [6.45, 7) is 6.61. The number of fused-ring (bicyclic) bond motifs is 3. The molecule has 3 heterocycles. The third-order valence-corrected chi connectivity index (χ3v) is 7.70. The molecule has 32 heavy (non-hydrogen) atoms. The van der Waals surface area contributed by atoms with Gasteiger partial charge in [-0.2, -0.15) is 0 Å². The molecule has 164 valence electrons. The van der Waals surface area contributed by atoms with Crippen LogP contribution in [0.4, 0.5) is 4.39 Å². The molecule has 0 N–H and O–H groups in total. The molecule has 0 aliphatic carbocycles. The van der Waals surface area contributed by atoms with Crippen molar-refractivity contribution in [2.24, 2.45) is 0 Å². The quantitative estimate of drug-likeness (QED) is 0.272. The largest absolute Gasteiger partial charge is 0.370 e. The summed E-state index contributed by atoms with van der Waals surface area (Å²) in [4.78, 5) is 20.6. The molecular formula is C25H23FN2O2S2. The van der Waals surface area contributed by atoms with Crippen molar-refractivity contribution in [1.82, 2.24) is 9.55 Å². The van der Waals surface area contributed by atoms with E-state index in [2.05, 4.69) is 13.8 Å². The van der Waals surface area contributed by atoms with Gasteiger partial charge in [-0.1, -0.05) is 36.0 Å². The number of hydrogen-bond donors (Lipinski definition) is 0. The Morgan fingerprint density at radius 1 is 1.22 bits per heavy atom. The van der Waals surface area contributed by atoms with E-state index in [0.717, 1.165) is 32.1 Å². The highest BCUT2D eigenvalue weighted by atomic mass is 32.2. The fourth-order valence-corrected chi connectivity index (χ4v) is 6.14. The highest BCUT2D eigenvalue weighted by molar-refractivity contribution is 7.98. The average Bonchev–Trinajstić information content (AvgIpc) is 3.09. The summed E-state index contributed by atoms with van der Waals surface area (Å²) in [5, 5.41) is 1.30. The van der Waals surface area contributed by atoms with E-state index in [1.165, 1.54) is 35.2 Å². The predicted octanol–water partition coefficient (Wildman–Crippen LogP) is 6.04. The molecule has 2 aromatic heterocycles. The van der Waals surface area contributed by atoms with E-state index in [1.54, 1.807) is 10.6 Å². The zero-order valence-electron chi connectivity index (χ0n) is 18.1. The summed E-state index contributed by atoms with van der Waals surface area (Å²) in [5.74, 6) is 0.249. The van der Waals surface area contributed by atoms with Gasteiger partial charge in [-0.15, -0.1) is 11.3 Å². The normalized spacial score (nSPS) is 15.1. The van der Waals surface area contributed by atoms with E-state index in [0.29, 0.717) is 29.3 Å². The van der Waals surface area contributed by atoms with Crippen molar-refractivity contribution in [3.8, 4) is 5.69 Å². The van der Waals surface area contributed by atoms with Gasteiger partial charge in [0.2, 0.25) is 0 Å². The molecule has 0 spiro atoms. The molecule has 0 fully saturated rings. The highest BCUT2D eigenvalue weighted by Gasteiger charge is 2.31. The molecule has 0 atom stereocenters. The van der Waals surface area contributed by atoms with Gasteiger partial charge in [-0.25, -0.2) is 9.37 Å². The van der Waals surface area contributed by atoms with Crippen LogP contribution in [0, 0.1) is 12.7 Å². The number of aromatic nitrogens is 2. The number of hydrogen-bond acceptors (Lipinski definition) is 5. The molecule has 0 bridgehead atoms. The molecule has 0 saturated carbocycles. The lowest BCUT2D eigenvalue weighted by molar-refractivity contribution is -0.0379. The Hall–Kier alpha value is -2.48. The first-order valence-electron chi connectivity index (χ1n) is 10.5. The lowest BCUT2D eigenvalue weighted by Gasteiger charge is -2.29. The minimum atomic E-state index is -0.313. The zero-order valence-corrected chi connectivity index (χ0v) is 19.8. The lowest BCUT2D eigenvalue weighted by atomic mass is 9.94. The molecule has 1 aliphatic heterocycles. The Balaban J connectivity index is 1.68. The maximum absolute atomic E-state index is 13.9. The fourth-order valence-electron chi connectivity index (χ4n) is 4.04. The van der Waals surface area contributed by atoms with Crippen LogP contribution in [0.3, 0.4) is 0 Å². The van der Waals surface area contributed by atoms with Crippen LogP contribution in [0.2, 0.25) is 0 Å². The number of ether oxygens (including phenoxy) is 1. The molecule has 2 aromatic carbocycles. The SMILES string of the molecule is Cc1cccc(-n2c(SCc3cccc(F)c3)nc3sc4c(c3c2=O)CC(C)(C)OC4)c1. The first-order valence-corrected chi connectivity index (χ1v) is 12.3. The molecular weight excluding hydrogens is 443 g/mol. The van der Waals surface area contributed by atoms with Gasteiger partial charge >= 0.3 is 0 Å². The van der Waals surface area contributed by atoms with Gasteiger partial charge in [0.05, 0.1) is 23.3 Å². The standard InChI is InChI=1S/C25H23FN2O2S2/c1-15-6-4-9-18(10-15)28-23(29)21-19-12-25(2,3)30-13-20(19)32-22(21)27-24(28)31-14-16-7-5-8-17(26)11-16/h4-11H,12-14H2,1-3H3. The summed E-state index contributed by atoms with van der Waals surface area (Å²) in [5.41, 5.74) is 3.39. The van der Waals surface area contributed by atoms with Crippen LogP contribution in [-0.4, -0.2) is 15.2 Å². The van der Waals surface area contributed by atoms with Gasteiger partial charge in [-0.3, -0.25) is 9.36 Å². The number of halogens is 1. The number of aryl methyl sites for hydroxylation is 1. The number of rotatable bonds is 4. The maximum Gasteiger partial charge on any atom is 0.267 e. The zero-order chi connectivity index (χ0) is 22.5. The Kier molecular flexibility index (Phi) is 5.43. The Bertz CT molecular complexity index is 1390. The molecule has 0 unspecified atom stereocenters. The van der Waals surface area contributed by atoms with Crippen LogP contribution in [-0.2, 0) is 23.5 Å². The predicted molar refractivity (Wildman–Crippen MR) is 128 cm³/mol. The van der Waals surface area contributed by atoms with Crippen LogP contribution in [0.5, 0.6) is 0 Å². The van der Waals surface area contributed by atoms with Crippen molar-refractivity contribution in [3.63, 3.8) is 0 Å². The summed E-state index contributed by atoms with van der Waals surface area (Å²) in [7, 11) is 0. The lowest BCUT2D eigenvalue weighted by Crippen LogP contribution is -2.32. The van der Waals surface area contributed by atoms with Crippen LogP contribution >= 0.6 is 23.1 Å². The van der Waals surface area contributed by atoms with E-state index in [9.17, 15) is 9.18 Å². The summed E-state index contributed by atoms with van der Waals surface area (Å²) in [6, 6.07) is 14.4. The van der Waals surface area contributed by atoms with Gasteiger partial charge in [0.15, 0.2) is 5.16 Å². The van der Waals surface area contributed by atoms with Crippen molar-refractivity contribution >= 4 is 33.3 Å². The minimum Gasteiger partial charge on any atom is -0.370 e. The smallest absolute Gasteiger partial charge is 0.267 e. The number of nitrogens with zero attached hydrogens (tertiary/aromatic N) is 2. The Morgan fingerprint density at radius 2 is 2.03 bits per heavy atom. The molecule has 7 heteroatoms. The van der Waals surface area contributed by atoms with E-state index >= 15 is 0 Å². The third kappa shape index (κ3) is 4.00. The molecule has 4 aromatic rings. The van der Waals surface area contributed by atoms with Crippen LogP contribution < -0.4 is 5.56 Å². The second-order valence-electron chi connectivity index (χ2n) is 8.70. The average molecular weight is 467 g/mol. The fraction of sp³-hybridized carbons (Fsp3) is 0.280. The second-order valence-corrected chi connectivity index (χ2v) is 10.7. The van der Waals surface area contributed by atoms with Gasteiger partial charge < -0.3 is 4.74 Å². The summed E-state index contributed by atoms with van der Waals surface area (Å²) >= 11 is 2.98. The van der Waals surface area contributed by atoms with E-state index in [-0.39, 0.29) is 17.0 Å². The van der Waals surface area contributed by atoms with Crippen molar-refractivity contribution < 1.29 is 9.13 Å². The second kappa shape index (κ2) is 8.14. The molecule has 1 aliphatic rings. The molecule has 0 radical (unpaired) electrons. The van der Waals surface area contributed by atoms with E-state index < -0.39 is 0 Å². The minimum absolute atomic E-state index is 0.0578. The number of thioether (sulfide) groups is 1. The van der Waals surface area contributed by atoms with Gasteiger partial charge in [0.25, 0.3) is 5.56 Å². The van der Waals surface area contributed by atoms with E-state index in [1.807, 2.05) is 37.3 Å². The number of thiophene rings is 1. The van der Waals surface area contributed by atoms with Crippen molar-refractivity contribution in [2.45, 2.75) is 50.3 Å². The highest BCUT2D eigenvalue weighted by Crippen LogP contribution is 2.38. The molecule has 0 amide bonds. The van der Waals surface area contributed by atoms with Crippen LogP contribution in [0.25, 0.3) is 15.9 Å². The number of benzene rings is 2. The van der Waals surface area contributed by atoms with Gasteiger partial charge in [0, 0.05) is 17.1 Å². The molecule has 5 rings (SSSR count). The summed E-state index contributed by atoms with van der Waals surface area (Å²) < 4.78 is 21.3. The monoisotopic (exact) mass is 466 g/mol. The molecule has 4 nitrogen and oxygen atoms in total. The van der Waals surface area contributed by atoms with Crippen molar-refractivity contribution in [2.75, 3.05) is 0 Å². The van der Waals surface area contributed by atoms with Crippen molar-refractivity contribution in [1.29, 1.82) is 0 Å². The first-order chi connectivity index (χ1) is 15.3. The Labute approximate surface area is 194 Å². The third-order valence-electron chi connectivity index (χ3n) is 5.59. The Morgan fingerprint density at radius 3 is 2.81 bits per heavy atom. The van der Waals surface area contributed by atoms with Crippen molar-refractivity contribution in [3.05, 3.63) is 86.3 Å². The first kappa shape index (κ1) is 21.4.